The van der Waals surface area contributed by atoms with Gasteiger partial charge in [-0.1, -0.05) is 89.6 Å². The summed E-state index contributed by atoms with van der Waals surface area (Å²) < 4.78 is 0. The molecule has 218 valence electrons. The number of imide groups is 1. The second kappa shape index (κ2) is 16.6. The molecule has 3 amide bonds. The highest BCUT2D eigenvalue weighted by Crippen LogP contribution is 2.27. The van der Waals surface area contributed by atoms with Gasteiger partial charge in [-0.3, -0.25) is 19.6 Å². The molecule has 1 unspecified atom stereocenters. The molecule has 1 aromatic rings. The average molecular weight is 543 g/mol. The molecular weight excluding hydrogens is 492 g/mol. The number of quaternary nitrogens is 1. The van der Waals surface area contributed by atoms with Gasteiger partial charge in [0.25, 0.3) is 0 Å². The molecule has 39 heavy (non-hydrogen) atoms. The van der Waals surface area contributed by atoms with Gasteiger partial charge in [-0.05, 0) is 50.5 Å². The van der Waals surface area contributed by atoms with Crippen LogP contribution in [-0.2, 0) is 20.8 Å². The molecule has 1 aromatic carbocycles. The normalized spacial score (nSPS) is 17.2. The molecule has 1 saturated carbocycles. The third-order valence-electron chi connectivity index (χ3n) is 7.30. The van der Waals surface area contributed by atoms with Gasteiger partial charge in [0.15, 0.2) is 6.04 Å². The number of aliphatic imine (C=N–C) groups is 1. The van der Waals surface area contributed by atoms with Crippen molar-refractivity contribution < 1.29 is 19.4 Å². The Morgan fingerprint density at radius 2 is 1.72 bits per heavy atom. The molecule has 0 radical (unpaired) electrons. The Morgan fingerprint density at radius 1 is 1.08 bits per heavy atom. The van der Waals surface area contributed by atoms with E-state index in [0.29, 0.717) is 18.8 Å². The molecule has 0 aromatic heterocycles. The van der Waals surface area contributed by atoms with Crippen LogP contribution in [0.5, 0.6) is 0 Å². The Bertz CT molecular complexity index is 941. The lowest BCUT2D eigenvalue weighted by atomic mass is 9.86. The van der Waals surface area contributed by atoms with Gasteiger partial charge in [-0.25, -0.2) is 9.79 Å². The van der Waals surface area contributed by atoms with Gasteiger partial charge < -0.3 is 10.9 Å². The fraction of sp³-hybridized carbons (Fsp3) is 0.677. The van der Waals surface area contributed by atoms with Gasteiger partial charge in [-0.15, -0.1) is 0 Å². The van der Waals surface area contributed by atoms with E-state index in [-0.39, 0.29) is 37.1 Å². The highest BCUT2D eigenvalue weighted by molar-refractivity contribution is 6.02. The van der Waals surface area contributed by atoms with E-state index in [0.717, 1.165) is 29.7 Å². The molecule has 1 aliphatic rings. The van der Waals surface area contributed by atoms with Crippen LogP contribution in [0.15, 0.2) is 35.3 Å². The Kier molecular flexibility index (Phi) is 14.0. The summed E-state index contributed by atoms with van der Waals surface area (Å²) in [5, 5.41) is 13.0. The smallest absolute Gasteiger partial charge is 0.341 e. The topological polar surface area (TPSA) is 120 Å². The number of hydrogen-bond acceptors (Lipinski definition) is 6. The Labute approximate surface area is 235 Å². The maximum atomic E-state index is 13.8. The molecule has 0 heterocycles. The van der Waals surface area contributed by atoms with Crippen LogP contribution < -0.4 is 10.8 Å². The molecule has 0 bridgehead atoms. The Morgan fingerprint density at radius 3 is 2.28 bits per heavy atom. The molecule has 0 saturated heterocycles. The van der Waals surface area contributed by atoms with Crippen molar-refractivity contribution in [3.8, 4) is 0 Å². The first-order chi connectivity index (χ1) is 18.5. The number of nitrogens with one attached hydrogen (secondary N) is 1. The summed E-state index contributed by atoms with van der Waals surface area (Å²) in [6, 6.07) is 6.99. The quantitative estimate of drug-likeness (QED) is 0.220. The maximum absolute atomic E-state index is 13.8. The highest BCUT2D eigenvalue weighted by atomic mass is 16.5. The molecule has 0 spiro atoms. The van der Waals surface area contributed by atoms with Crippen molar-refractivity contribution in [2.75, 3.05) is 0 Å². The second-order valence-electron chi connectivity index (χ2n) is 11.7. The molecule has 1 fully saturated rings. The average Bonchev–Trinajstić information content (AvgIpc) is 2.90. The molecule has 2 rings (SSSR count). The van der Waals surface area contributed by atoms with E-state index in [1.165, 1.54) is 19.3 Å². The van der Waals surface area contributed by atoms with Gasteiger partial charge in [0, 0.05) is 12.8 Å². The first-order valence-electron chi connectivity index (χ1n) is 14.9. The third-order valence-corrected chi connectivity index (χ3v) is 7.30. The highest BCUT2D eigenvalue weighted by Gasteiger charge is 2.40. The molecule has 3 N–H and O–H groups in total. The Hall–Kier alpha value is -2.42. The van der Waals surface area contributed by atoms with Gasteiger partial charge in [0.2, 0.25) is 17.6 Å². The molecular formula is C31H50N4O4. The van der Waals surface area contributed by atoms with Crippen molar-refractivity contribution in [3.05, 3.63) is 41.1 Å². The lowest BCUT2D eigenvalue weighted by molar-refractivity contribution is -0.663. The zero-order valence-electron chi connectivity index (χ0n) is 24.7. The lowest BCUT2D eigenvalue weighted by Gasteiger charge is -2.34. The van der Waals surface area contributed by atoms with Crippen LogP contribution in [0.1, 0.15) is 104 Å². The van der Waals surface area contributed by atoms with Crippen molar-refractivity contribution in [2.45, 2.75) is 123 Å². The van der Waals surface area contributed by atoms with Crippen molar-refractivity contribution in [1.82, 2.24) is 4.90 Å². The predicted octanol–water partition coefficient (Wildman–Crippen LogP) is 4.20. The third kappa shape index (κ3) is 10.6. The van der Waals surface area contributed by atoms with E-state index in [2.05, 4.69) is 4.99 Å². The zero-order valence-corrected chi connectivity index (χ0v) is 24.7. The second-order valence-corrected chi connectivity index (χ2v) is 11.7. The summed E-state index contributed by atoms with van der Waals surface area (Å²) in [6.07, 6.45) is 8.23. The minimum absolute atomic E-state index is 0.0280. The summed E-state index contributed by atoms with van der Waals surface area (Å²) in [4.78, 5) is 46.5. The number of amidine groups is 1. The van der Waals surface area contributed by atoms with Crippen LogP contribution in [0.3, 0.4) is 0 Å². The fourth-order valence-corrected chi connectivity index (χ4v) is 5.34. The minimum atomic E-state index is -1.19. The van der Waals surface area contributed by atoms with E-state index in [1.54, 1.807) is 0 Å². The number of hydrogen-bond donors (Lipinski definition) is 2. The van der Waals surface area contributed by atoms with Crippen molar-refractivity contribution in [3.63, 3.8) is 0 Å². The predicted molar refractivity (Wildman–Crippen MR) is 156 cm³/mol. The SMILES string of the molecule is CCC[C@@H](C(=O)[NH+]([O-])C(CCC1CCCCC1)=NC(C)C)N(C(=O)CC(C)C)C(=O)[C@@H](N)Cc1ccccc1. The molecule has 0 aliphatic heterocycles. The van der Waals surface area contributed by atoms with E-state index < -0.39 is 34.9 Å². The summed E-state index contributed by atoms with van der Waals surface area (Å²) >= 11 is 0. The molecule has 8 nitrogen and oxygen atoms in total. The van der Waals surface area contributed by atoms with Crippen molar-refractivity contribution >= 4 is 23.6 Å². The van der Waals surface area contributed by atoms with Crippen molar-refractivity contribution in [2.24, 2.45) is 22.6 Å². The first kappa shape index (κ1) is 32.8. The fourth-order valence-electron chi connectivity index (χ4n) is 5.34. The van der Waals surface area contributed by atoms with Crippen LogP contribution >= 0.6 is 0 Å². The number of rotatable bonds is 13. The molecule has 8 heteroatoms. The minimum Gasteiger partial charge on any atom is -0.620 e. The van der Waals surface area contributed by atoms with Crippen molar-refractivity contribution in [1.29, 1.82) is 0 Å². The first-order valence-corrected chi connectivity index (χ1v) is 14.9. The zero-order chi connectivity index (χ0) is 28.9. The van der Waals surface area contributed by atoms with Crippen LogP contribution in [-0.4, -0.2) is 46.6 Å². The number of carbonyl (C=O) groups excluding carboxylic acids is 3. The summed E-state index contributed by atoms with van der Waals surface area (Å²) in [5.41, 5.74) is 7.18. The van der Waals surface area contributed by atoms with Crippen LogP contribution in [0.4, 0.5) is 0 Å². The van der Waals surface area contributed by atoms with Gasteiger partial charge >= 0.3 is 5.91 Å². The van der Waals surface area contributed by atoms with Crippen LogP contribution in [0.25, 0.3) is 0 Å². The van der Waals surface area contributed by atoms with Gasteiger partial charge in [0.05, 0.1) is 12.1 Å². The maximum Gasteiger partial charge on any atom is 0.341 e. The number of nitrogens with two attached hydrogens (primary N) is 1. The monoisotopic (exact) mass is 542 g/mol. The van der Waals surface area contributed by atoms with E-state index in [1.807, 2.05) is 65.0 Å². The number of hydroxylamine groups is 2. The van der Waals surface area contributed by atoms with E-state index >= 15 is 0 Å². The number of nitrogens with zero attached hydrogens (tertiary/aromatic N) is 2. The molecule has 3 atom stereocenters. The van der Waals surface area contributed by atoms with Crippen LogP contribution in [0.2, 0.25) is 0 Å². The van der Waals surface area contributed by atoms with Crippen LogP contribution in [0, 0.1) is 17.0 Å². The van der Waals surface area contributed by atoms with E-state index in [4.69, 9.17) is 5.73 Å². The molecule has 1 aliphatic carbocycles. The number of benzene rings is 1. The standard InChI is InChI=1S/C31H50N4O4/c1-6-13-27(31(38)35(39)28(33-23(4)5)19-18-24-14-9-7-10-15-24)34(29(36)20-22(2)3)30(37)26(32)21-25-16-11-8-12-17-25/h8,11-12,16-17,22-24,26-27,35H,6-7,9-10,13-15,18-21,32H2,1-5H3/t26-,27-/m0/s1. The summed E-state index contributed by atoms with van der Waals surface area (Å²) in [7, 11) is 0. The number of amides is 3. The number of carbonyl (C=O) groups is 3. The van der Waals surface area contributed by atoms with E-state index in [9.17, 15) is 19.6 Å². The Balaban J connectivity index is 2.34. The summed E-state index contributed by atoms with van der Waals surface area (Å²) in [5.74, 6) is -1.06. The van der Waals surface area contributed by atoms with Gasteiger partial charge in [0.1, 0.15) is 0 Å². The lowest BCUT2D eigenvalue weighted by Crippen LogP contribution is -3.14. The summed E-state index contributed by atoms with van der Waals surface area (Å²) in [6.45, 7) is 9.39. The largest absolute Gasteiger partial charge is 0.620 e. The van der Waals surface area contributed by atoms with Gasteiger partial charge in [-0.2, -0.15) is 0 Å².